The monoisotopic (exact) mass is 354 g/mol. The molecule has 0 spiro atoms. The first-order valence-corrected chi connectivity index (χ1v) is 8.92. The van der Waals surface area contributed by atoms with Crippen molar-refractivity contribution in [2.24, 2.45) is 0 Å². The molecule has 1 amide bonds. The van der Waals surface area contributed by atoms with Crippen LogP contribution in [0, 0.1) is 11.6 Å². The number of aromatic amines is 1. The molecule has 1 heterocycles. The van der Waals surface area contributed by atoms with Crippen LogP contribution in [0.4, 0.5) is 8.78 Å². The molecular weight excluding hydrogens is 334 g/mol. The van der Waals surface area contributed by atoms with E-state index in [1.807, 2.05) is 0 Å². The highest BCUT2D eigenvalue weighted by molar-refractivity contribution is 5.85. The van der Waals surface area contributed by atoms with Gasteiger partial charge in [0, 0.05) is 29.1 Å². The van der Waals surface area contributed by atoms with Crippen molar-refractivity contribution < 1.29 is 13.6 Å². The Hall–Kier alpha value is -2.69. The summed E-state index contributed by atoms with van der Waals surface area (Å²) in [7, 11) is 0. The van der Waals surface area contributed by atoms with E-state index < -0.39 is 0 Å². The molecule has 0 bridgehead atoms. The van der Waals surface area contributed by atoms with Crippen LogP contribution in [0.15, 0.2) is 42.5 Å². The van der Waals surface area contributed by atoms with Gasteiger partial charge in [0.25, 0.3) is 0 Å². The van der Waals surface area contributed by atoms with Crippen LogP contribution in [-0.2, 0) is 24.1 Å². The molecule has 0 radical (unpaired) electrons. The van der Waals surface area contributed by atoms with Gasteiger partial charge in [0.05, 0.1) is 0 Å². The largest absolute Gasteiger partial charge is 0.358 e. The number of fused-ring (bicyclic) bond motifs is 3. The molecule has 3 aromatic rings. The Labute approximate surface area is 150 Å². The van der Waals surface area contributed by atoms with Crippen molar-refractivity contribution in [1.29, 1.82) is 0 Å². The molecular formula is C21H20F2N2O. The molecule has 1 atom stereocenters. The predicted octanol–water partition coefficient (Wildman–Crippen LogP) is 4.05. The Morgan fingerprint density at radius 2 is 2.04 bits per heavy atom. The van der Waals surface area contributed by atoms with Gasteiger partial charge < -0.3 is 10.3 Å². The van der Waals surface area contributed by atoms with Crippen LogP contribution >= 0.6 is 0 Å². The topological polar surface area (TPSA) is 44.9 Å². The molecule has 2 aromatic carbocycles. The Kier molecular flexibility index (Phi) is 4.45. The zero-order chi connectivity index (χ0) is 18.1. The quantitative estimate of drug-likeness (QED) is 0.729. The van der Waals surface area contributed by atoms with Crippen molar-refractivity contribution in [3.8, 4) is 0 Å². The van der Waals surface area contributed by atoms with Crippen molar-refractivity contribution >= 4 is 16.8 Å². The minimum atomic E-state index is -0.275. The molecule has 1 unspecified atom stereocenters. The maximum Gasteiger partial charge on any atom is 0.220 e. The fourth-order valence-corrected chi connectivity index (χ4v) is 3.76. The van der Waals surface area contributed by atoms with E-state index >= 15 is 0 Å². The second kappa shape index (κ2) is 6.90. The van der Waals surface area contributed by atoms with Crippen LogP contribution in [0.5, 0.6) is 0 Å². The lowest BCUT2D eigenvalue weighted by atomic mass is 9.91. The van der Waals surface area contributed by atoms with E-state index in [1.165, 1.54) is 12.1 Å². The molecule has 0 aliphatic heterocycles. The normalized spacial score (nSPS) is 16.5. The van der Waals surface area contributed by atoms with Gasteiger partial charge in [-0.25, -0.2) is 8.78 Å². The lowest BCUT2D eigenvalue weighted by Gasteiger charge is -2.23. The molecule has 0 saturated heterocycles. The summed E-state index contributed by atoms with van der Waals surface area (Å²) in [6.07, 6.45) is 2.99. The zero-order valence-corrected chi connectivity index (χ0v) is 14.3. The van der Waals surface area contributed by atoms with Gasteiger partial charge in [-0.1, -0.05) is 18.2 Å². The van der Waals surface area contributed by atoms with Crippen LogP contribution in [0.2, 0.25) is 0 Å². The minimum absolute atomic E-state index is 0.0258. The molecule has 0 saturated carbocycles. The number of carbonyl (C=O) groups excluding carboxylic acids is 1. The molecule has 1 aliphatic carbocycles. The van der Waals surface area contributed by atoms with E-state index in [9.17, 15) is 13.6 Å². The molecule has 0 fully saturated rings. The minimum Gasteiger partial charge on any atom is -0.358 e. The number of nitrogens with one attached hydrogen (secondary N) is 2. The summed E-state index contributed by atoms with van der Waals surface area (Å²) in [5, 5.41) is 3.94. The standard InChI is InChI=1S/C21H20F2N2O/c22-14-6-8-19-16(11-14)17-12-15(7-9-20(17)25-19)24-21(26)10-5-13-3-1-2-4-18(13)23/h1-4,6,8,11,15,25H,5,7,9-10,12H2,(H,24,26). The molecule has 5 heteroatoms. The van der Waals surface area contributed by atoms with Gasteiger partial charge in [-0.05, 0) is 61.1 Å². The number of aryl methyl sites for hydroxylation is 2. The highest BCUT2D eigenvalue weighted by Crippen LogP contribution is 2.29. The number of carbonyl (C=O) groups is 1. The summed E-state index contributed by atoms with van der Waals surface area (Å²) in [6.45, 7) is 0. The van der Waals surface area contributed by atoms with Crippen molar-refractivity contribution in [3.05, 3.63) is 70.9 Å². The second-order valence-electron chi connectivity index (χ2n) is 6.87. The van der Waals surface area contributed by atoms with Crippen molar-refractivity contribution in [3.63, 3.8) is 0 Å². The summed E-state index contributed by atoms with van der Waals surface area (Å²) >= 11 is 0. The lowest BCUT2D eigenvalue weighted by molar-refractivity contribution is -0.121. The zero-order valence-electron chi connectivity index (χ0n) is 14.3. The Bertz CT molecular complexity index is 964. The second-order valence-corrected chi connectivity index (χ2v) is 6.87. The SMILES string of the molecule is O=C(CCc1ccccc1F)NC1CCc2[nH]c3ccc(F)cc3c2C1. The van der Waals surface area contributed by atoms with Gasteiger partial charge in [-0.2, -0.15) is 0 Å². The average Bonchev–Trinajstić information content (AvgIpc) is 2.98. The lowest BCUT2D eigenvalue weighted by Crippen LogP contribution is -2.38. The number of aromatic nitrogens is 1. The number of benzene rings is 2. The number of H-pyrrole nitrogens is 1. The molecule has 26 heavy (non-hydrogen) atoms. The number of halogens is 2. The van der Waals surface area contributed by atoms with E-state index in [2.05, 4.69) is 10.3 Å². The number of rotatable bonds is 4. The smallest absolute Gasteiger partial charge is 0.220 e. The maximum absolute atomic E-state index is 13.6. The van der Waals surface area contributed by atoms with Crippen molar-refractivity contribution in [1.82, 2.24) is 10.3 Å². The van der Waals surface area contributed by atoms with Crippen molar-refractivity contribution in [2.75, 3.05) is 0 Å². The summed E-state index contributed by atoms with van der Waals surface area (Å²) in [6, 6.07) is 11.3. The maximum atomic E-state index is 13.6. The summed E-state index contributed by atoms with van der Waals surface area (Å²) < 4.78 is 27.2. The predicted molar refractivity (Wildman–Crippen MR) is 96.9 cm³/mol. The van der Waals surface area contributed by atoms with Gasteiger partial charge >= 0.3 is 0 Å². The van der Waals surface area contributed by atoms with E-state index in [4.69, 9.17) is 0 Å². The third kappa shape index (κ3) is 3.34. The highest BCUT2D eigenvalue weighted by Gasteiger charge is 2.23. The Morgan fingerprint density at radius 3 is 2.88 bits per heavy atom. The fourth-order valence-electron chi connectivity index (χ4n) is 3.76. The molecule has 2 N–H and O–H groups in total. The molecule has 134 valence electrons. The van der Waals surface area contributed by atoms with Crippen LogP contribution in [0.3, 0.4) is 0 Å². The van der Waals surface area contributed by atoms with Gasteiger partial charge in [0.15, 0.2) is 0 Å². The van der Waals surface area contributed by atoms with E-state index in [1.54, 1.807) is 30.3 Å². The van der Waals surface area contributed by atoms with E-state index in [-0.39, 0.29) is 30.0 Å². The highest BCUT2D eigenvalue weighted by atomic mass is 19.1. The van der Waals surface area contributed by atoms with Crippen LogP contribution in [0.25, 0.3) is 10.9 Å². The molecule has 1 aromatic heterocycles. The Morgan fingerprint density at radius 1 is 1.19 bits per heavy atom. The molecule has 4 rings (SSSR count). The summed E-state index contributed by atoms with van der Waals surface area (Å²) in [5.41, 5.74) is 3.70. The van der Waals surface area contributed by atoms with Crippen LogP contribution < -0.4 is 5.32 Å². The van der Waals surface area contributed by atoms with E-state index in [0.717, 1.165) is 35.0 Å². The van der Waals surface area contributed by atoms with Crippen molar-refractivity contribution in [2.45, 2.75) is 38.1 Å². The number of hydrogen-bond acceptors (Lipinski definition) is 1. The van der Waals surface area contributed by atoms with Gasteiger partial charge in [0.2, 0.25) is 5.91 Å². The average molecular weight is 354 g/mol. The first kappa shape index (κ1) is 16.8. The Balaban J connectivity index is 1.41. The molecule has 3 nitrogen and oxygen atoms in total. The van der Waals surface area contributed by atoms with Gasteiger partial charge in [0.1, 0.15) is 11.6 Å². The van der Waals surface area contributed by atoms with Gasteiger partial charge in [-0.3, -0.25) is 4.79 Å². The van der Waals surface area contributed by atoms with Gasteiger partial charge in [-0.15, -0.1) is 0 Å². The van der Waals surface area contributed by atoms with Crippen LogP contribution in [0.1, 0.15) is 29.7 Å². The van der Waals surface area contributed by atoms with E-state index in [0.29, 0.717) is 18.4 Å². The van der Waals surface area contributed by atoms with Crippen LogP contribution in [-0.4, -0.2) is 16.9 Å². The first-order chi connectivity index (χ1) is 12.6. The molecule has 1 aliphatic rings. The number of amides is 1. The summed E-state index contributed by atoms with van der Waals surface area (Å²) in [4.78, 5) is 15.6. The fraction of sp³-hybridized carbons (Fsp3) is 0.286. The third-order valence-corrected chi connectivity index (χ3v) is 5.09. The first-order valence-electron chi connectivity index (χ1n) is 8.92. The third-order valence-electron chi connectivity index (χ3n) is 5.09. The summed E-state index contributed by atoms with van der Waals surface area (Å²) in [5.74, 6) is -0.605. The number of hydrogen-bond donors (Lipinski definition) is 2.